The number of carbonyl (C=O) groups excluding carboxylic acids is 1. The molecule has 1 aliphatic rings. The number of hydrogen-bond donors (Lipinski definition) is 2. The van der Waals surface area contributed by atoms with Crippen molar-refractivity contribution in [2.75, 3.05) is 6.54 Å². The standard InChI is InChI=1S/C15H20F3NO2S/c1-14(21,12-5-6-22-8-12)9-19-13(20)10-3-2-4-11(7-10)15(16,17)18/h5-6,8,10-11,21H,2-4,7,9H2,1H3,(H,19,20). The number of rotatable bonds is 4. The second-order valence-electron chi connectivity index (χ2n) is 6.11. The summed E-state index contributed by atoms with van der Waals surface area (Å²) in [6.07, 6.45) is -3.42. The Hall–Kier alpha value is -1.08. The summed E-state index contributed by atoms with van der Waals surface area (Å²) in [4.78, 5) is 12.1. The molecule has 1 aliphatic carbocycles. The van der Waals surface area contributed by atoms with Crippen LogP contribution >= 0.6 is 11.3 Å². The van der Waals surface area contributed by atoms with Crippen molar-refractivity contribution in [2.24, 2.45) is 11.8 Å². The SMILES string of the molecule is CC(O)(CNC(=O)C1CCCC(C(F)(F)F)C1)c1ccsc1. The number of thiophene rings is 1. The molecule has 0 aliphatic heterocycles. The molecule has 1 saturated carbocycles. The van der Waals surface area contributed by atoms with E-state index in [1.807, 2.05) is 5.38 Å². The Labute approximate surface area is 131 Å². The molecule has 3 unspecified atom stereocenters. The monoisotopic (exact) mass is 335 g/mol. The number of alkyl halides is 3. The number of nitrogens with one attached hydrogen (secondary N) is 1. The summed E-state index contributed by atoms with van der Waals surface area (Å²) < 4.78 is 38.3. The molecule has 3 nitrogen and oxygen atoms in total. The normalized spacial score (nSPS) is 25.5. The van der Waals surface area contributed by atoms with E-state index in [0.29, 0.717) is 18.4 Å². The van der Waals surface area contributed by atoms with E-state index in [2.05, 4.69) is 5.32 Å². The summed E-state index contributed by atoms with van der Waals surface area (Å²) in [5.41, 5.74) is -0.525. The molecule has 0 radical (unpaired) electrons. The van der Waals surface area contributed by atoms with Crippen LogP contribution in [-0.4, -0.2) is 23.7 Å². The van der Waals surface area contributed by atoms with Gasteiger partial charge >= 0.3 is 6.18 Å². The Balaban J connectivity index is 1.89. The third-order valence-corrected chi connectivity index (χ3v) is 4.94. The van der Waals surface area contributed by atoms with Gasteiger partial charge in [-0.15, -0.1) is 0 Å². The van der Waals surface area contributed by atoms with Crippen LogP contribution in [0.5, 0.6) is 0 Å². The molecule has 7 heteroatoms. The third kappa shape index (κ3) is 4.23. The van der Waals surface area contributed by atoms with E-state index in [1.165, 1.54) is 11.3 Å². The number of carbonyl (C=O) groups is 1. The molecule has 124 valence electrons. The van der Waals surface area contributed by atoms with E-state index in [9.17, 15) is 23.1 Å². The Morgan fingerprint density at radius 1 is 1.45 bits per heavy atom. The Morgan fingerprint density at radius 3 is 2.77 bits per heavy atom. The molecule has 0 bridgehead atoms. The highest BCUT2D eigenvalue weighted by atomic mass is 32.1. The molecule has 0 spiro atoms. The molecule has 2 rings (SSSR count). The average Bonchev–Trinajstić information content (AvgIpc) is 2.99. The first kappa shape index (κ1) is 17.3. The molecule has 1 aromatic heterocycles. The highest BCUT2D eigenvalue weighted by molar-refractivity contribution is 7.08. The van der Waals surface area contributed by atoms with Crippen molar-refractivity contribution >= 4 is 17.2 Å². The predicted octanol–water partition coefficient (Wildman–Crippen LogP) is 3.44. The molecule has 2 N–H and O–H groups in total. The van der Waals surface area contributed by atoms with Crippen molar-refractivity contribution in [3.8, 4) is 0 Å². The molecular weight excluding hydrogens is 315 g/mol. The van der Waals surface area contributed by atoms with Gasteiger partial charge in [-0.1, -0.05) is 6.42 Å². The van der Waals surface area contributed by atoms with Gasteiger partial charge in [0.1, 0.15) is 5.60 Å². The van der Waals surface area contributed by atoms with E-state index in [4.69, 9.17) is 0 Å². The smallest absolute Gasteiger partial charge is 0.384 e. The van der Waals surface area contributed by atoms with Crippen LogP contribution < -0.4 is 5.32 Å². The second kappa shape index (κ2) is 6.58. The second-order valence-corrected chi connectivity index (χ2v) is 6.89. The predicted molar refractivity (Wildman–Crippen MR) is 78.4 cm³/mol. The fourth-order valence-electron chi connectivity index (χ4n) is 2.80. The highest BCUT2D eigenvalue weighted by Crippen LogP contribution is 2.40. The maximum atomic E-state index is 12.8. The van der Waals surface area contributed by atoms with Crippen LogP contribution in [0.25, 0.3) is 0 Å². The molecule has 1 fully saturated rings. The zero-order valence-electron chi connectivity index (χ0n) is 12.3. The van der Waals surface area contributed by atoms with Gasteiger partial charge in [-0.25, -0.2) is 0 Å². The largest absolute Gasteiger partial charge is 0.391 e. The van der Waals surface area contributed by atoms with Crippen molar-refractivity contribution in [2.45, 2.75) is 44.4 Å². The lowest BCUT2D eigenvalue weighted by Gasteiger charge is -2.31. The van der Waals surface area contributed by atoms with Crippen molar-refractivity contribution in [3.63, 3.8) is 0 Å². The third-order valence-electron chi connectivity index (χ3n) is 4.26. The summed E-state index contributed by atoms with van der Waals surface area (Å²) in [6, 6.07) is 1.76. The number of hydrogen-bond acceptors (Lipinski definition) is 3. The first-order chi connectivity index (χ1) is 10.2. The van der Waals surface area contributed by atoms with E-state index < -0.39 is 29.5 Å². The van der Waals surface area contributed by atoms with Gasteiger partial charge in [-0.05, 0) is 48.6 Å². The Morgan fingerprint density at radius 2 is 2.18 bits per heavy atom. The minimum Gasteiger partial charge on any atom is -0.384 e. The Bertz CT molecular complexity index is 499. The topological polar surface area (TPSA) is 49.3 Å². The van der Waals surface area contributed by atoms with Crippen molar-refractivity contribution in [1.82, 2.24) is 5.32 Å². The lowest BCUT2D eigenvalue weighted by molar-refractivity contribution is -0.186. The fraction of sp³-hybridized carbons (Fsp3) is 0.667. The van der Waals surface area contributed by atoms with Gasteiger partial charge < -0.3 is 10.4 Å². The van der Waals surface area contributed by atoms with Gasteiger partial charge in [0.25, 0.3) is 0 Å². The van der Waals surface area contributed by atoms with Gasteiger partial charge in [0.2, 0.25) is 5.91 Å². The minimum absolute atomic E-state index is 0.00422. The number of halogens is 3. The van der Waals surface area contributed by atoms with Gasteiger partial charge in [0, 0.05) is 5.92 Å². The molecule has 1 aromatic rings. The van der Waals surface area contributed by atoms with E-state index in [0.717, 1.165) is 0 Å². The van der Waals surface area contributed by atoms with E-state index in [1.54, 1.807) is 18.4 Å². The van der Waals surface area contributed by atoms with Crippen LogP contribution in [0, 0.1) is 11.8 Å². The molecule has 0 saturated heterocycles. The molecule has 1 amide bonds. The first-order valence-corrected chi connectivity index (χ1v) is 8.24. The quantitative estimate of drug-likeness (QED) is 0.885. The molecule has 3 atom stereocenters. The van der Waals surface area contributed by atoms with Crippen molar-refractivity contribution < 1.29 is 23.1 Å². The van der Waals surface area contributed by atoms with Crippen LogP contribution in [-0.2, 0) is 10.4 Å². The minimum atomic E-state index is -4.23. The van der Waals surface area contributed by atoms with Crippen LogP contribution in [0.2, 0.25) is 0 Å². The molecule has 1 heterocycles. The first-order valence-electron chi connectivity index (χ1n) is 7.29. The zero-order chi connectivity index (χ0) is 16.4. The van der Waals surface area contributed by atoms with E-state index in [-0.39, 0.29) is 19.4 Å². The zero-order valence-corrected chi connectivity index (χ0v) is 13.1. The molecular formula is C15H20F3NO2S. The summed E-state index contributed by atoms with van der Waals surface area (Å²) in [6.45, 7) is 1.57. The average molecular weight is 335 g/mol. The Kier molecular flexibility index (Phi) is 5.17. The van der Waals surface area contributed by atoms with Gasteiger partial charge in [-0.2, -0.15) is 24.5 Å². The summed E-state index contributed by atoms with van der Waals surface area (Å²) in [5.74, 6) is -2.42. The summed E-state index contributed by atoms with van der Waals surface area (Å²) in [5, 5.41) is 16.5. The maximum Gasteiger partial charge on any atom is 0.391 e. The van der Waals surface area contributed by atoms with Gasteiger partial charge in [0.15, 0.2) is 0 Å². The highest BCUT2D eigenvalue weighted by Gasteiger charge is 2.43. The summed E-state index contributed by atoms with van der Waals surface area (Å²) >= 11 is 1.43. The van der Waals surface area contributed by atoms with Crippen molar-refractivity contribution in [3.05, 3.63) is 22.4 Å². The van der Waals surface area contributed by atoms with Crippen LogP contribution in [0.1, 0.15) is 38.2 Å². The maximum absolute atomic E-state index is 12.8. The number of amides is 1. The number of aliphatic hydroxyl groups is 1. The van der Waals surface area contributed by atoms with Crippen LogP contribution in [0.3, 0.4) is 0 Å². The fourth-order valence-corrected chi connectivity index (χ4v) is 3.58. The van der Waals surface area contributed by atoms with Crippen LogP contribution in [0.15, 0.2) is 16.8 Å². The summed E-state index contributed by atoms with van der Waals surface area (Å²) in [7, 11) is 0. The van der Waals surface area contributed by atoms with Crippen LogP contribution in [0.4, 0.5) is 13.2 Å². The van der Waals surface area contributed by atoms with Gasteiger partial charge in [0.05, 0.1) is 12.5 Å². The van der Waals surface area contributed by atoms with Gasteiger partial charge in [-0.3, -0.25) is 4.79 Å². The lowest BCUT2D eigenvalue weighted by Crippen LogP contribution is -2.43. The molecule has 22 heavy (non-hydrogen) atoms. The van der Waals surface area contributed by atoms with Crippen molar-refractivity contribution in [1.29, 1.82) is 0 Å². The molecule has 0 aromatic carbocycles. The van der Waals surface area contributed by atoms with E-state index >= 15 is 0 Å². The lowest BCUT2D eigenvalue weighted by atomic mass is 9.80.